The van der Waals surface area contributed by atoms with E-state index in [1.54, 1.807) is 14.2 Å². The number of aromatic nitrogens is 3. The first kappa shape index (κ1) is 16.7. The molecule has 1 fully saturated rings. The fourth-order valence-corrected chi connectivity index (χ4v) is 3.86. The summed E-state index contributed by atoms with van der Waals surface area (Å²) in [6, 6.07) is 8.12. The molecule has 6 heteroatoms. The molecule has 0 saturated carbocycles. The molecule has 3 aromatic rings. The SMILES string of the molecule is COc1cc(OC)c2c(C)cc(N3CCC[C@H](c4ccn[nH]4)C3)nc2c1. The van der Waals surface area contributed by atoms with Crippen LogP contribution in [0.1, 0.15) is 30.0 Å². The number of H-pyrrole nitrogens is 1. The van der Waals surface area contributed by atoms with E-state index >= 15 is 0 Å². The van der Waals surface area contributed by atoms with Crippen LogP contribution in [0.3, 0.4) is 0 Å². The van der Waals surface area contributed by atoms with Gasteiger partial charge in [0.15, 0.2) is 0 Å². The Kier molecular flexibility index (Phi) is 4.41. The summed E-state index contributed by atoms with van der Waals surface area (Å²) < 4.78 is 11.0. The van der Waals surface area contributed by atoms with Gasteiger partial charge in [-0.2, -0.15) is 5.10 Å². The molecular weight excluding hydrogens is 328 g/mol. The fraction of sp³-hybridized carbons (Fsp3) is 0.400. The van der Waals surface area contributed by atoms with Gasteiger partial charge >= 0.3 is 0 Å². The van der Waals surface area contributed by atoms with Gasteiger partial charge in [-0.25, -0.2) is 4.98 Å². The quantitative estimate of drug-likeness (QED) is 0.776. The summed E-state index contributed by atoms with van der Waals surface area (Å²) >= 11 is 0. The Morgan fingerprint density at radius 1 is 1.19 bits per heavy atom. The smallest absolute Gasteiger partial charge is 0.132 e. The number of hydrogen-bond acceptors (Lipinski definition) is 5. The molecule has 0 unspecified atom stereocenters. The van der Waals surface area contributed by atoms with Crippen LogP contribution in [0, 0.1) is 6.92 Å². The molecule has 0 spiro atoms. The van der Waals surface area contributed by atoms with E-state index in [-0.39, 0.29) is 0 Å². The minimum Gasteiger partial charge on any atom is -0.497 e. The summed E-state index contributed by atoms with van der Waals surface area (Å²) in [6.45, 7) is 4.07. The number of benzene rings is 1. The molecule has 136 valence electrons. The lowest BCUT2D eigenvalue weighted by molar-refractivity contribution is 0.397. The average Bonchev–Trinajstić information content (AvgIpc) is 3.21. The van der Waals surface area contributed by atoms with Crippen molar-refractivity contribution in [3.05, 3.63) is 41.7 Å². The first-order valence-corrected chi connectivity index (χ1v) is 8.97. The molecule has 1 aliphatic heterocycles. The van der Waals surface area contributed by atoms with E-state index in [9.17, 15) is 0 Å². The van der Waals surface area contributed by atoms with Gasteiger partial charge in [-0.3, -0.25) is 5.10 Å². The number of aromatic amines is 1. The maximum absolute atomic E-state index is 5.56. The lowest BCUT2D eigenvalue weighted by Crippen LogP contribution is -2.35. The topological polar surface area (TPSA) is 63.3 Å². The van der Waals surface area contributed by atoms with Crippen molar-refractivity contribution >= 4 is 16.7 Å². The lowest BCUT2D eigenvalue weighted by Gasteiger charge is -2.33. The normalized spacial score (nSPS) is 17.5. The van der Waals surface area contributed by atoms with E-state index in [1.165, 1.54) is 12.1 Å². The minimum absolute atomic E-state index is 0.462. The van der Waals surface area contributed by atoms with E-state index in [0.29, 0.717) is 5.92 Å². The standard InChI is InChI=1S/C20H24N4O2/c1-13-9-19(22-17-10-15(25-2)11-18(26-3)20(13)17)24-8-4-5-14(12-24)16-6-7-21-23-16/h6-7,9-11,14H,4-5,8,12H2,1-3H3,(H,21,23)/t14-/m0/s1. The van der Waals surface area contributed by atoms with Gasteiger partial charge in [0.25, 0.3) is 0 Å². The molecule has 0 amide bonds. The van der Waals surface area contributed by atoms with Gasteiger partial charge < -0.3 is 14.4 Å². The predicted molar refractivity (Wildman–Crippen MR) is 102 cm³/mol. The third kappa shape index (κ3) is 2.96. The van der Waals surface area contributed by atoms with Crippen molar-refractivity contribution in [2.24, 2.45) is 0 Å². The maximum Gasteiger partial charge on any atom is 0.132 e. The molecular formula is C20H24N4O2. The summed E-state index contributed by atoms with van der Waals surface area (Å²) in [5.41, 5.74) is 3.27. The Labute approximate surface area is 153 Å². The summed E-state index contributed by atoms with van der Waals surface area (Å²) in [5.74, 6) is 3.02. The number of nitrogens with one attached hydrogen (secondary N) is 1. The Balaban J connectivity index is 1.72. The zero-order valence-corrected chi connectivity index (χ0v) is 15.5. The predicted octanol–water partition coefficient (Wildman–Crippen LogP) is 3.67. The molecule has 0 radical (unpaired) electrons. The van der Waals surface area contributed by atoms with Crippen LogP contribution in [-0.4, -0.2) is 42.5 Å². The summed E-state index contributed by atoms with van der Waals surface area (Å²) in [4.78, 5) is 7.30. The number of aryl methyl sites for hydroxylation is 1. The van der Waals surface area contributed by atoms with E-state index in [0.717, 1.165) is 53.3 Å². The highest BCUT2D eigenvalue weighted by atomic mass is 16.5. The lowest BCUT2D eigenvalue weighted by atomic mass is 9.95. The second-order valence-corrected chi connectivity index (χ2v) is 6.82. The second kappa shape index (κ2) is 6.86. The van der Waals surface area contributed by atoms with Crippen molar-refractivity contribution in [2.75, 3.05) is 32.2 Å². The number of nitrogens with zero attached hydrogens (tertiary/aromatic N) is 3. The zero-order valence-electron chi connectivity index (χ0n) is 15.5. The van der Waals surface area contributed by atoms with E-state index < -0.39 is 0 Å². The fourth-order valence-electron chi connectivity index (χ4n) is 3.86. The largest absolute Gasteiger partial charge is 0.497 e. The molecule has 26 heavy (non-hydrogen) atoms. The van der Waals surface area contributed by atoms with Crippen molar-refractivity contribution in [1.82, 2.24) is 15.2 Å². The van der Waals surface area contributed by atoms with Crippen molar-refractivity contribution in [1.29, 1.82) is 0 Å². The van der Waals surface area contributed by atoms with Gasteiger partial charge in [-0.05, 0) is 37.5 Å². The maximum atomic E-state index is 5.56. The van der Waals surface area contributed by atoms with Crippen LogP contribution in [0.25, 0.3) is 10.9 Å². The van der Waals surface area contributed by atoms with Gasteiger partial charge in [0.05, 0.1) is 19.7 Å². The highest BCUT2D eigenvalue weighted by Crippen LogP contribution is 2.35. The highest BCUT2D eigenvalue weighted by molar-refractivity contribution is 5.91. The molecule has 1 saturated heterocycles. The zero-order chi connectivity index (χ0) is 18.1. The molecule has 4 rings (SSSR count). The van der Waals surface area contributed by atoms with Gasteiger partial charge in [-0.15, -0.1) is 0 Å². The number of methoxy groups -OCH3 is 2. The molecule has 3 heterocycles. The number of anilines is 1. The molecule has 1 atom stereocenters. The summed E-state index contributed by atoms with van der Waals surface area (Å²) in [6.07, 6.45) is 4.14. The van der Waals surface area contributed by atoms with Crippen molar-refractivity contribution in [3.63, 3.8) is 0 Å². The van der Waals surface area contributed by atoms with Crippen molar-refractivity contribution < 1.29 is 9.47 Å². The first-order valence-electron chi connectivity index (χ1n) is 8.97. The highest BCUT2D eigenvalue weighted by Gasteiger charge is 2.24. The first-order chi connectivity index (χ1) is 12.7. The summed E-state index contributed by atoms with van der Waals surface area (Å²) in [5, 5.41) is 8.26. The van der Waals surface area contributed by atoms with Crippen LogP contribution < -0.4 is 14.4 Å². The number of pyridine rings is 1. The Hall–Kier alpha value is -2.76. The van der Waals surface area contributed by atoms with Crippen LogP contribution in [0.15, 0.2) is 30.5 Å². The number of rotatable bonds is 4. The van der Waals surface area contributed by atoms with Gasteiger partial charge in [0.2, 0.25) is 0 Å². The van der Waals surface area contributed by atoms with Crippen LogP contribution in [-0.2, 0) is 0 Å². The summed E-state index contributed by atoms with van der Waals surface area (Å²) in [7, 11) is 3.35. The van der Waals surface area contributed by atoms with Gasteiger partial charge in [0, 0.05) is 48.4 Å². The third-order valence-electron chi connectivity index (χ3n) is 5.19. The van der Waals surface area contributed by atoms with Crippen LogP contribution >= 0.6 is 0 Å². The molecule has 2 aromatic heterocycles. The monoisotopic (exact) mass is 352 g/mol. The Morgan fingerprint density at radius 3 is 2.81 bits per heavy atom. The van der Waals surface area contributed by atoms with E-state index in [2.05, 4.69) is 34.2 Å². The molecule has 6 nitrogen and oxygen atoms in total. The Morgan fingerprint density at radius 2 is 2.08 bits per heavy atom. The van der Waals surface area contributed by atoms with E-state index in [4.69, 9.17) is 14.5 Å². The average molecular weight is 352 g/mol. The van der Waals surface area contributed by atoms with Crippen LogP contribution in [0.4, 0.5) is 5.82 Å². The van der Waals surface area contributed by atoms with Gasteiger partial charge in [-0.1, -0.05) is 0 Å². The van der Waals surface area contributed by atoms with E-state index in [1.807, 2.05) is 18.3 Å². The van der Waals surface area contributed by atoms with Crippen LogP contribution in [0.5, 0.6) is 11.5 Å². The number of fused-ring (bicyclic) bond motifs is 1. The van der Waals surface area contributed by atoms with Crippen molar-refractivity contribution in [3.8, 4) is 11.5 Å². The molecule has 1 aromatic carbocycles. The molecule has 1 N–H and O–H groups in total. The third-order valence-corrected chi connectivity index (χ3v) is 5.19. The second-order valence-electron chi connectivity index (χ2n) is 6.82. The number of hydrogen-bond donors (Lipinski definition) is 1. The Bertz CT molecular complexity index is 908. The molecule has 1 aliphatic rings. The molecule has 0 bridgehead atoms. The van der Waals surface area contributed by atoms with Crippen LogP contribution in [0.2, 0.25) is 0 Å². The molecule has 0 aliphatic carbocycles. The van der Waals surface area contributed by atoms with Gasteiger partial charge in [0.1, 0.15) is 17.3 Å². The van der Waals surface area contributed by atoms with Crippen molar-refractivity contribution in [2.45, 2.75) is 25.7 Å². The minimum atomic E-state index is 0.462. The number of piperidine rings is 1. The number of ether oxygens (including phenoxy) is 2.